The molecule has 2 aliphatic rings. The summed E-state index contributed by atoms with van der Waals surface area (Å²) in [4.78, 5) is 20.0. The maximum atomic E-state index is 12.9. The fourth-order valence-corrected chi connectivity index (χ4v) is 4.37. The highest BCUT2D eigenvalue weighted by molar-refractivity contribution is 5.81. The molecule has 0 bridgehead atoms. The first kappa shape index (κ1) is 18.8. The van der Waals surface area contributed by atoms with Gasteiger partial charge in [-0.2, -0.15) is 0 Å². The van der Waals surface area contributed by atoms with Crippen molar-refractivity contribution in [2.75, 3.05) is 24.8 Å². The first-order valence-corrected chi connectivity index (χ1v) is 10.6. The average molecular weight is 406 g/mol. The van der Waals surface area contributed by atoms with Crippen molar-refractivity contribution in [1.29, 1.82) is 0 Å². The minimum atomic E-state index is -0.0436. The van der Waals surface area contributed by atoms with Crippen LogP contribution >= 0.6 is 0 Å². The number of ether oxygens (including phenoxy) is 2. The first-order chi connectivity index (χ1) is 14.7. The average Bonchev–Trinajstić information content (AvgIpc) is 3.41. The van der Waals surface area contributed by atoms with Gasteiger partial charge in [0.05, 0.1) is 17.0 Å². The molecular weight excluding hydrogens is 380 g/mol. The summed E-state index contributed by atoms with van der Waals surface area (Å²) >= 11 is 0. The van der Waals surface area contributed by atoms with Crippen molar-refractivity contribution in [2.24, 2.45) is 5.92 Å². The van der Waals surface area contributed by atoms with E-state index in [0.29, 0.717) is 13.1 Å². The van der Waals surface area contributed by atoms with Crippen LogP contribution in [-0.4, -0.2) is 35.3 Å². The van der Waals surface area contributed by atoms with E-state index in [2.05, 4.69) is 27.8 Å². The number of carbonyl (C=O) groups excluding carboxylic acids is 1. The molecule has 156 valence electrons. The summed E-state index contributed by atoms with van der Waals surface area (Å²) in [5, 5.41) is 3.10. The van der Waals surface area contributed by atoms with Crippen molar-refractivity contribution in [1.82, 2.24) is 14.9 Å². The van der Waals surface area contributed by atoms with Gasteiger partial charge in [-0.25, -0.2) is 4.98 Å². The molecule has 1 saturated heterocycles. The zero-order chi connectivity index (χ0) is 20.5. The summed E-state index contributed by atoms with van der Waals surface area (Å²) in [5.41, 5.74) is 3.15. The third-order valence-corrected chi connectivity index (χ3v) is 5.93. The van der Waals surface area contributed by atoms with Crippen LogP contribution in [0.25, 0.3) is 11.0 Å². The van der Waals surface area contributed by atoms with Crippen LogP contribution in [0.1, 0.15) is 25.3 Å². The van der Waals surface area contributed by atoms with Crippen LogP contribution in [0, 0.1) is 5.92 Å². The van der Waals surface area contributed by atoms with E-state index in [0.717, 1.165) is 60.0 Å². The second kappa shape index (κ2) is 7.89. The van der Waals surface area contributed by atoms with Gasteiger partial charge in [-0.3, -0.25) is 4.79 Å². The standard InChI is InChI=1S/C23H26N4O3/c1-2-27-19-8-4-3-7-18(19)25-23(27)26-11-5-6-17(14-26)22(28)24-13-16-9-10-20-21(12-16)30-15-29-20/h3-4,7-10,12,17H,2,5-6,11,13-15H2,1H3,(H,24,28)/t17-/m1/s1. The Bertz CT molecular complexity index is 1080. The van der Waals surface area contributed by atoms with Crippen LogP contribution in [0.4, 0.5) is 5.95 Å². The Labute approximate surface area is 175 Å². The summed E-state index contributed by atoms with van der Waals surface area (Å²) in [6.45, 7) is 5.35. The predicted molar refractivity (Wildman–Crippen MR) is 115 cm³/mol. The summed E-state index contributed by atoms with van der Waals surface area (Å²) in [6, 6.07) is 14.0. The van der Waals surface area contributed by atoms with Crippen LogP contribution in [0.2, 0.25) is 0 Å². The number of amides is 1. The van der Waals surface area contributed by atoms with E-state index in [9.17, 15) is 4.79 Å². The molecule has 2 aliphatic heterocycles. The van der Waals surface area contributed by atoms with Crippen LogP contribution in [0.5, 0.6) is 11.5 Å². The Kier molecular flexibility index (Phi) is 4.94. The summed E-state index contributed by atoms with van der Waals surface area (Å²) in [6.07, 6.45) is 1.88. The molecule has 1 atom stereocenters. The number of piperidine rings is 1. The lowest BCUT2D eigenvalue weighted by Gasteiger charge is -2.33. The number of benzene rings is 2. The number of rotatable bonds is 5. The van der Waals surface area contributed by atoms with Gasteiger partial charge >= 0.3 is 0 Å². The van der Waals surface area contributed by atoms with Crippen molar-refractivity contribution >= 4 is 22.9 Å². The molecule has 1 N–H and O–H groups in total. The predicted octanol–water partition coefficient (Wildman–Crippen LogP) is 3.32. The monoisotopic (exact) mass is 406 g/mol. The molecule has 0 unspecified atom stereocenters. The van der Waals surface area contributed by atoms with E-state index in [1.54, 1.807) is 0 Å². The van der Waals surface area contributed by atoms with Gasteiger partial charge in [0.2, 0.25) is 18.6 Å². The van der Waals surface area contributed by atoms with Gasteiger partial charge in [-0.1, -0.05) is 18.2 Å². The lowest BCUT2D eigenvalue weighted by atomic mass is 9.97. The normalized spacial score (nSPS) is 18.0. The van der Waals surface area contributed by atoms with Gasteiger partial charge in [-0.15, -0.1) is 0 Å². The van der Waals surface area contributed by atoms with Gasteiger partial charge in [-0.05, 0) is 49.6 Å². The van der Waals surface area contributed by atoms with E-state index in [4.69, 9.17) is 14.5 Å². The maximum Gasteiger partial charge on any atom is 0.231 e. The summed E-state index contributed by atoms with van der Waals surface area (Å²) < 4.78 is 13.0. The number of imidazole rings is 1. The fraction of sp³-hybridized carbons (Fsp3) is 0.391. The van der Waals surface area contributed by atoms with Crippen molar-refractivity contribution in [3.8, 4) is 11.5 Å². The number of anilines is 1. The molecule has 3 heterocycles. The van der Waals surface area contributed by atoms with Crippen molar-refractivity contribution < 1.29 is 14.3 Å². The summed E-state index contributed by atoms with van der Waals surface area (Å²) in [5.74, 6) is 2.51. The van der Waals surface area contributed by atoms with E-state index in [1.807, 2.05) is 36.4 Å². The number of fused-ring (bicyclic) bond motifs is 2. The van der Waals surface area contributed by atoms with Crippen LogP contribution in [-0.2, 0) is 17.9 Å². The minimum absolute atomic E-state index is 0.0436. The molecule has 1 fully saturated rings. The highest BCUT2D eigenvalue weighted by atomic mass is 16.7. The largest absolute Gasteiger partial charge is 0.454 e. The number of hydrogen-bond donors (Lipinski definition) is 1. The van der Waals surface area contributed by atoms with Crippen LogP contribution in [0.3, 0.4) is 0 Å². The van der Waals surface area contributed by atoms with Crippen molar-refractivity contribution in [3.63, 3.8) is 0 Å². The smallest absolute Gasteiger partial charge is 0.231 e. The Morgan fingerprint density at radius 1 is 1.20 bits per heavy atom. The SMILES string of the molecule is CCn1c(N2CCC[C@@H](C(=O)NCc3ccc4c(c3)OCO4)C2)nc2ccccc21. The maximum absolute atomic E-state index is 12.9. The highest BCUT2D eigenvalue weighted by Gasteiger charge is 2.28. The van der Waals surface area contributed by atoms with E-state index >= 15 is 0 Å². The second-order valence-electron chi connectivity index (χ2n) is 7.84. The Hall–Kier alpha value is -3.22. The third-order valence-electron chi connectivity index (χ3n) is 5.93. The van der Waals surface area contributed by atoms with Gasteiger partial charge in [0.1, 0.15) is 0 Å². The first-order valence-electron chi connectivity index (χ1n) is 10.6. The Balaban J connectivity index is 1.27. The number of nitrogens with one attached hydrogen (secondary N) is 1. The summed E-state index contributed by atoms with van der Waals surface area (Å²) in [7, 11) is 0. The molecule has 2 aromatic carbocycles. The Morgan fingerprint density at radius 3 is 2.97 bits per heavy atom. The van der Waals surface area contributed by atoms with Crippen LogP contribution in [0.15, 0.2) is 42.5 Å². The van der Waals surface area contributed by atoms with Gasteiger partial charge in [0.15, 0.2) is 11.5 Å². The molecule has 1 amide bonds. The molecule has 0 saturated carbocycles. The van der Waals surface area contributed by atoms with Crippen LogP contribution < -0.4 is 19.7 Å². The zero-order valence-electron chi connectivity index (χ0n) is 17.1. The zero-order valence-corrected chi connectivity index (χ0v) is 17.1. The number of nitrogens with zero attached hydrogens (tertiary/aromatic N) is 3. The fourth-order valence-electron chi connectivity index (χ4n) is 4.37. The molecule has 3 aromatic rings. The topological polar surface area (TPSA) is 68.6 Å². The lowest BCUT2D eigenvalue weighted by molar-refractivity contribution is -0.125. The van der Waals surface area contributed by atoms with Crippen molar-refractivity contribution in [2.45, 2.75) is 32.9 Å². The number of carbonyl (C=O) groups is 1. The third kappa shape index (κ3) is 3.44. The minimum Gasteiger partial charge on any atom is -0.454 e. The van der Waals surface area contributed by atoms with Gasteiger partial charge in [0.25, 0.3) is 0 Å². The number of aryl methyl sites for hydroxylation is 1. The van der Waals surface area contributed by atoms with E-state index in [-0.39, 0.29) is 18.6 Å². The lowest BCUT2D eigenvalue weighted by Crippen LogP contribution is -2.43. The molecule has 0 spiro atoms. The molecular formula is C23H26N4O3. The molecule has 1 aromatic heterocycles. The Morgan fingerprint density at radius 2 is 2.07 bits per heavy atom. The van der Waals surface area contributed by atoms with E-state index in [1.165, 1.54) is 0 Å². The quantitative estimate of drug-likeness (QED) is 0.704. The highest BCUT2D eigenvalue weighted by Crippen LogP contribution is 2.32. The number of hydrogen-bond acceptors (Lipinski definition) is 5. The van der Waals surface area contributed by atoms with E-state index < -0.39 is 0 Å². The molecule has 5 rings (SSSR count). The molecule has 7 nitrogen and oxygen atoms in total. The number of aromatic nitrogens is 2. The van der Waals surface area contributed by atoms with Gasteiger partial charge in [0, 0.05) is 26.2 Å². The second-order valence-corrected chi connectivity index (χ2v) is 7.84. The van der Waals surface area contributed by atoms with Crippen molar-refractivity contribution in [3.05, 3.63) is 48.0 Å². The molecule has 0 aliphatic carbocycles. The molecule has 7 heteroatoms. The molecule has 30 heavy (non-hydrogen) atoms. The molecule has 0 radical (unpaired) electrons. The van der Waals surface area contributed by atoms with Gasteiger partial charge < -0.3 is 24.3 Å². The number of para-hydroxylation sites is 2.